The molecule has 0 bridgehead atoms. The zero-order valence-electron chi connectivity index (χ0n) is 12.2. The third-order valence-corrected chi connectivity index (χ3v) is 3.46. The number of anilines is 1. The molecular weight excluding hydrogens is 254 g/mol. The van der Waals surface area contributed by atoms with Crippen molar-refractivity contribution in [2.45, 2.75) is 25.8 Å². The molecule has 1 heterocycles. The molecule has 1 aliphatic heterocycles. The van der Waals surface area contributed by atoms with E-state index >= 15 is 0 Å². The van der Waals surface area contributed by atoms with Gasteiger partial charge in [-0.3, -0.25) is 4.79 Å². The first-order valence-electron chi connectivity index (χ1n) is 6.96. The fraction of sp³-hybridized carbons (Fsp3) is 0.533. The molecule has 1 fully saturated rings. The van der Waals surface area contributed by atoms with Crippen LogP contribution in [0.1, 0.15) is 20.3 Å². The van der Waals surface area contributed by atoms with Gasteiger partial charge in [-0.2, -0.15) is 0 Å². The van der Waals surface area contributed by atoms with E-state index in [-0.39, 0.29) is 11.7 Å². The molecule has 0 aromatic heterocycles. The summed E-state index contributed by atoms with van der Waals surface area (Å²) in [6.45, 7) is 6.53. The van der Waals surface area contributed by atoms with Crippen molar-refractivity contribution in [2.75, 3.05) is 31.1 Å². The summed E-state index contributed by atoms with van der Waals surface area (Å²) in [5.74, 6) is 0.393. The molecule has 20 heavy (non-hydrogen) atoms. The van der Waals surface area contributed by atoms with Crippen LogP contribution < -0.4 is 10.6 Å². The summed E-state index contributed by atoms with van der Waals surface area (Å²) in [6.07, 6.45) is 0.365. The maximum absolute atomic E-state index is 12.1. The van der Waals surface area contributed by atoms with Crippen molar-refractivity contribution in [3.63, 3.8) is 0 Å². The minimum absolute atomic E-state index is 0.106. The lowest BCUT2D eigenvalue weighted by Gasteiger charge is -2.37. The number of phenolic OH excluding ortho intramolecular Hbond substituents is 1. The monoisotopic (exact) mass is 277 g/mol. The number of hydrogen-bond acceptors (Lipinski definition) is 4. The molecule has 1 aromatic rings. The lowest BCUT2D eigenvalue weighted by atomic mass is 10.0. The zero-order chi connectivity index (χ0) is 14.8. The highest BCUT2D eigenvalue weighted by Crippen LogP contribution is 2.27. The van der Waals surface area contributed by atoms with Crippen molar-refractivity contribution in [2.24, 2.45) is 5.73 Å². The standard InChI is InChI=1S/C15H23N3O2/c1-15(2,16)11-14(20)18-9-7-17(8-10-18)12-5-3-4-6-13(12)19/h3-6,19H,7-11,16H2,1-2H3. The Morgan fingerprint density at radius 3 is 2.40 bits per heavy atom. The lowest BCUT2D eigenvalue weighted by Crippen LogP contribution is -2.50. The number of phenols is 1. The number of carbonyl (C=O) groups is 1. The van der Waals surface area contributed by atoms with Crippen molar-refractivity contribution in [3.05, 3.63) is 24.3 Å². The summed E-state index contributed by atoms with van der Waals surface area (Å²) in [5.41, 5.74) is 6.26. The van der Waals surface area contributed by atoms with Gasteiger partial charge in [-0.05, 0) is 26.0 Å². The Hall–Kier alpha value is -1.75. The Labute approximate surface area is 120 Å². The van der Waals surface area contributed by atoms with Crippen LogP contribution in [0.25, 0.3) is 0 Å². The van der Waals surface area contributed by atoms with E-state index in [2.05, 4.69) is 4.90 Å². The van der Waals surface area contributed by atoms with Crippen molar-refractivity contribution in [1.29, 1.82) is 0 Å². The number of amides is 1. The molecule has 2 rings (SSSR count). The Morgan fingerprint density at radius 2 is 1.85 bits per heavy atom. The number of aromatic hydroxyl groups is 1. The Bertz CT molecular complexity index is 474. The molecule has 1 amide bonds. The predicted molar refractivity (Wildman–Crippen MR) is 79.8 cm³/mol. The Morgan fingerprint density at radius 1 is 1.25 bits per heavy atom. The maximum Gasteiger partial charge on any atom is 0.224 e. The number of nitrogens with two attached hydrogens (primary N) is 1. The second-order valence-electron chi connectivity index (χ2n) is 6.02. The molecule has 0 atom stereocenters. The number of hydrogen-bond donors (Lipinski definition) is 2. The van der Waals surface area contributed by atoms with Crippen LogP contribution in [0.15, 0.2) is 24.3 Å². The highest BCUT2D eigenvalue weighted by molar-refractivity contribution is 5.77. The number of rotatable bonds is 3. The summed E-state index contributed by atoms with van der Waals surface area (Å²) in [6, 6.07) is 7.30. The van der Waals surface area contributed by atoms with Crippen molar-refractivity contribution in [1.82, 2.24) is 4.90 Å². The number of benzene rings is 1. The second-order valence-corrected chi connectivity index (χ2v) is 6.02. The molecule has 1 saturated heterocycles. The summed E-state index contributed by atoms with van der Waals surface area (Å²) in [7, 11) is 0. The minimum atomic E-state index is -0.466. The van der Waals surface area contributed by atoms with Crippen molar-refractivity contribution < 1.29 is 9.90 Å². The number of piperazine rings is 1. The lowest BCUT2D eigenvalue weighted by molar-refractivity contribution is -0.132. The summed E-state index contributed by atoms with van der Waals surface area (Å²) >= 11 is 0. The van der Waals surface area contributed by atoms with E-state index in [0.717, 1.165) is 18.8 Å². The van der Waals surface area contributed by atoms with E-state index in [0.29, 0.717) is 19.5 Å². The van der Waals surface area contributed by atoms with E-state index in [1.165, 1.54) is 0 Å². The minimum Gasteiger partial charge on any atom is -0.506 e. The highest BCUT2D eigenvalue weighted by Gasteiger charge is 2.25. The van der Waals surface area contributed by atoms with Gasteiger partial charge in [0.2, 0.25) is 5.91 Å². The van der Waals surface area contributed by atoms with E-state index in [1.54, 1.807) is 6.07 Å². The summed E-state index contributed by atoms with van der Waals surface area (Å²) in [5, 5.41) is 9.85. The van der Waals surface area contributed by atoms with E-state index in [1.807, 2.05) is 36.9 Å². The van der Waals surface area contributed by atoms with E-state index < -0.39 is 5.54 Å². The van der Waals surface area contributed by atoms with Crippen LogP contribution >= 0.6 is 0 Å². The van der Waals surface area contributed by atoms with Gasteiger partial charge in [-0.1, -0.05) is 12.1 Å². The predicted octanol–water partition coefficient (Wildman–Crippen LogP) is 1.17. The van der Waals surface area contributed by atoms with Crippen LogP contribution in [0, 0.1) is 0 Å². The Kier molecular flexibility index (Phi) is 4.18. The average Bonchev–Trinajstić information content (AvgIpc) is 2.37. The number of carbonyl (C=O) groups excluding carboxylic acids is 1. The van der Waals surface area contributed by atoms with Crippen LogP contribution in [0.4, 0.5) is 5.69 Å². The third-order valence-electron chi connectivity index (χ3n) is 3.46. The molecule has 110 valence electrons. The highest BCUT2D eigenvalue weighted by atomic mass is 16.3. The van der Waals surface area contributed by atoms with Gasteiger partial charge in [0.1, 0.15) is 5.75 Å². The topological polar surface area (TPSA) is 69.8 Å². The molecule has 0 saturated carbocycles. The molecule has 0 aliphatic carbocycles. The fourth-order valence-electron chi connectivity index (χ4n) is 2.43. The Balaban J connectivity index is 1.93. The molecule has 1 aromatic carbocycles. The molecule has 5 heteroatoms. The van der Waals surface area contributed by atoms with Crippen LogP contribution in [-0.2, 0) is 4.79 Å². The zero-order valence-corrected chi connectivity index (χ0v) is 12.2. The van der Waals surface area contributed by atoms with Crippen LogP contribution in [-0.4, -0.2) is 47.6 Å². The first-order chi connectivity index (χ1) is 9.37. The molecule has 3 N–H and O–H groups in total. The van der Waals surface area contributed by atoms with Gasteiger partial charge in [-0.25, -0.2) is 0 Å². The quantitative estimate of drug-likeness (QED) is 0.870. The number of nitrogens with zero attached hydrogens (tertiary/aromatic N) is 2. The largest absolute Gasteiger partial charge is 0.506 e. The van der Waals surface area contributed by atoms with Crippen LogP contribution in [0.5, 0.6) is 5.75 Å². The molecule has 0 radical (unpaired) electrons. The fourth-order valence-corrected chi connectivity index (χ4v) is 2.43. The van der Waals surface area contributed by atoms with Gasteiger partial charge in [0.05, 0.1) is 5.69 Å². The van der Waals surface area contributed by atoms with E-state index in [9.17, 15) is 9.90 Å². The normalized spacial score (nSPS) is 16.4. The van der Waals surface area contributed by atoms with Gasteiger partial charge >= 0.3 is 0 Å². The van der Waals surface area contributed by atoms with Crippen molar-refractivity contribution >= 4 is 11.6 Å². The molecular formula is C15H23N3O2. The smallest absolute Gasteiger partial charge is 0.224 e. The third kappa shape index (κ3) is 3.63. The van der Waals surface area contributed by atoms with Gasteiger partial charge in [-0.15, -0.1) is 0 Å². The SMILES string of the molecule is CC(C)(N)CC(=O)N1CCN(c2ccccc2O)CC1. The van der Waals surface area contributed by atoms with Crippen LogP contribution in [0.2, 0.25) is 0 Å². The number of para-hydroxylation sites is 2. The molecule has 0 unspecified atom stereocenters. The summed E-state index contributed by atoms with van der Waals surface area (Å²) in [4.78, 5) is 16.1. The van der Waals surface area contributed by atoms with Crippen molar-refractivity contribution in [3.8, 4) is 5.75 Å². The van der Waals surface area contributed by atoms with Gasteiger partial charge in [0.25, 0.3) is 0 Å². The second kappa shape index (κ2) is 5.71. The van der Waals surface area contributed by atoms with Gasteiger partial charge in [0.15, 0.2) is 0 Å². The molecule has 1 aliphatic rings. The molecule has 5 nitrogen and oxygen atoms in total. The van der Waals surface area contributed by atoms with Crippen LogP contribution in [0.3, 0.4) is 0 Å². The molecule has 0 spiro atoms. The first-order valence-corrected chi connectivity index (χ1v) is 6.96. The van der Waals surface area contributed by atoms with Gasteiger partial charge in [0, 0.05) is 38.1 Å². The first kappa shape index (κ1) is 14.7. The van der Waals surface area contributed by atoms with E-state index in [4.69, 9.17) is 5.73 Å². The van der Waals surface area contributed by atoms with Gasteiger partial charge < -0.3 is 20.6 Å². The maximum atomic E-state index is 12.1. The summed E-state index contributed by atoms with van der Waals surface area (Å²) < 4.78 is 0. The average molecular weight is 277 g/mol.